The van der Waals surface area contributed by atoms with Crippen LogP contribution in [0.4, 0.5) is 4.79 Å². The zero-order chi connectivity index (χ0) is 21.6. The van der Waals surface area contributed by atoms with Crippen LogP contribution in [0.15, 0.2) is 65.6 Å². The number of benzene rings is 2. The van der Waals surface area contributed by atoms with Crippen LogP contribution < -0.4 is 0 Å². The van der Waals surface area contributed by atoms with Crippen molar-refractivity contribution in [3.8, 4) is 0 Å². The topological polar surface area (TPSA) is 65.1 Å². The molecule has 6 nitrogen and oxygen atoms in total. The van der Waals surface area contributed by atoms with E-state index < -0.39 is 22.4 Å². The first-order valence-corrected chi connectivity index (χ1v) is 10.7. The number of amides is 1. The molecule has 160 valence electrons. The molecule has 2 aromatic carbocycles. The summed E-state index contributed by atoms with van der Waals surface area (Å²) < 4.78 is 10.2. The van der Waals surface area contributed by atoms with Gasteiger partial charge in [0.05, 0.1) is 13.2 Å². The van der Waals surface area contributed by atoms with Crippen molar-refractivity contribution in [3.05, 3.63) is 66.2 Å². The van der Waals surface area contributed by atoms with Crippen LogP contribution in [0.3, 0.4) is 0 Å². The van der Waals surface area contributed by atoms with Gasteiger partial charge in [-0.25, -0.2) is 9.59 Å². The van der Waals surface area contributed by atoms with Crippen molar-refractivity contribution in [2.24, 2.45) is 0 Å². The molecule has 0 aromatic heterocycles. The maximum atomic E-state index is 12.9. The fourth-order valence-electron chi connectivity index (χ4n) is 2.95. The molecule has 1 saturated heterocycles. The highest BCUT2D eigenvalue weighted by Crippen LogP contribution is 2.41. The summed E-state index contributed by atoms with van der Waals surface area (Å²) in [5, 5.41) is 1.01. The van der Waals surface area contributed by atoms with Gasteiger partial charge in [-0.3, -0.25) is 0 Å². The molecule has 0 aliphatic carbocycles. The quantitative estimate of drug-likeness (QED) is 0.587. The summed E-state index contributed by atoms with van der Waals surface area (Å²) in [6.45, 7) is 6.21. The molecule has 7 heteroatoms. The van der Waals surface area contributed by atoms with E-state index in [1.165, 1.54) is 11.8 Å². The highest BCUT2D eigenvalue weighted by Gasteiger charge is 2.52. The summed E-state index contributed by atoms with van der Waals surface area (Å²) in [5.74, 6) is -0.467. The Balaban J connectivity index is 1.69. The number of ether oxygens (including phenoxy) is 2. The third kappa shape index (κ3) is 6.00. The summed E-state index contributed by atoms with van der Waals surface area (Å²) in [6, 6.07) is 19.4. The summed E-state index contributed by atoms with van der Waals surface area (Å²) in [4.78, 5) is 31.6. The van der Waals surface area contributed by atoms with Crippen molar-refractivity contribution in [2.75, 3.05) is 13.2 Å². The van der Waals surface area contributed by atoms with E-state index in [0.29, 0.717) is 19.6 Å². The maximum Gasteiger partial charge on any atom is 0.443 e. The van der Waals surface area contributed by atoms with Crippen LogP contribution in [0.25, 0.3) is 0 Å². The number of carbonyl (C=O) groups excluding carboxylic acids is 2. The lowest BCUT2D eigenvalue weighted by molar-refractivity contribution is -0.166. The molecule has 1 amide bonds. The number of carbonyl (C=O) groups is 2. The molecular formula is C23H27NO5S. The summed E-state index contributed by atoms with van der Waals surface area (Å²) >= 11 is 1.39. The Morgan fingerprint density at radius 2 is 1.73 bits per heavy atom. The van der Waals surface area contributed by atoms with Gasteiger partial charge in [0.1, 0.15) is 10.3 Å². The van der Waals surface area contributed by atoms with Crippen molar-refractivity contribution >= 4 is 23.8 Å². The van der Waals surface area contributed by atoms with Crippen molar-refractivity contribution in [1.82, 2.24) is 5.06 Å². The average Bonchev–Trinajstić information content (AvgIpc) is 3.02. The Hall–Kier alpha value is -2.51. The number of hydrogen-bond donors (Lipinski definition) is 0. The lowest BCUT2D eigenvalue weighted by Crippen LogP contribution is -2.39. The summed E-state index contributed by atoms with van der Waals surface area (Å²) in [7, 11) is 0. The van der Waals surface area contributed by atoms with Gasteiger partial charge in [0, 0.05) is 11.5 Å². The van der Waals surface area contributed by atoms with Crippen LogP contribution >= 0.6 is 11.8 Å². The van der Waals surface area contributed by atoms with E-state index in [-0.39, 0.29) is 6.54 Å². The first-order valence-electron chi connectivity index (χ1n) is 9.86. The van der Waals surface area contributed by atoms with E-state index >= 15 is 0 Å². The third-order valence-corrected chi connectivity index (χ3v) is 5.78. The molecule has 1 aliphatic rings. The standard InChI is InChI=1S/C23H27NO5S/c1-22(2,3)28-21(26)24-17-23(20(25)29-24,30-19-12-8-5-9-13-19)14-15-27-16-18-10-6-4-7-11-18/h4-13H,14-17H2,1-3H3/t23-/m0/s1. The molecule has 2 aromatic rings. The second-order valence-corrected chi connectivity index (χ2v) is 9.55. The van der Waals surface area contributed by atoms with E-state index in [2.05, 4.69) is 0 Å². The van der Waals surface area contributed by atoms with Gasteiger partial charge >= 0.3 is 12.1 Å². The van der Waals surface area contributed by atoms with Gasteiger partial charge in [-0.2, -0.15) is 0 Å². The predicted molar refractivity (Wildman–Crippen MR) is 115 cm³/mol. The molecule has 0 spiro atoms. The van der Waals surface area contributed by atoms with Crippen molar-refractivity contribution in [1.29, 1.82) is 0 Å². The molecule has 0 radical (unpaired) electrons. The molecule has 3 rings (SSSR count). The summed E-state index contributed by atoms with van der Waals surface area (Å²) in [5.41, 5.74) is 0.381. The highest BCUT2D eigenvalue weighted by atomic mass is 32.2. The Labute approximate surface area is 181 Å². The van der Waals surface area contributed by atoms with Crippen LogP contribution in [0.1, 0.15) is 32.8 Å². The Bertz CT molecular complexity index is 853. The Kier molecular flexibility index (Phi) is 7.05. The molecule has 1 aliphatic heterocycles. The van der Waals surface area contributed by atoms with Gasteiger partial charge in [-0.15, -0.1) is 16.8 Å². The second-order valence-electron chi connectivity index (χ2n) is 8.09. The lowest BCUT2D eigenvalue weighted by atomic mass is 10.1. The highest BCUT2D eigenvalue weighted by molar-refractivity contribution is 8.01. The van der Waals surface area contributed by atoms with Crippen LogP contribution in [0.5, 0.6) is 0 Å². The zero-order valence-corrected chi connectivity index (χ0v) is 18.3. The Morgan fingerprint density at radius 1 is 1.10 bits per heavy atom. The number of hydroxylamine groups is 2. The fourth-order valence-corrected chi connectivity index (χ4v) is 4.18. The number of nitrogens with zero attached hydrogens (tertiary/aromatic N) is 1. The van der Waals surface area contributed by atoms with Gasteiger partial charge in [0.25, 0.3) is 0 Å². The normalized spacial score (nSPS) is 18.9. The minimum absolute atomic E-state index is 0.0923. The van der Waals surface area contributed by atoms with E-state index in [9.17, 15) is 9.59 Å². The van der Waals surface area contributed by atoms with E-state index in [0.717, 1.165) is 15.5 Å². The van der Waals surface area contributed by atoms with Crippen LogP contribution in [-0.2, 0) is 25.7 Å². The molecule has 0 unspecified atom stereocenters. The maximum absolute atomic E-state index is 12.9. The number of rotatable bonds is 7. The molecule has 30 heavy (non-hydrogen) atoms. The molecule has 0 bridgehead atoms. The molecule has 1 fully saturated rings. The second kappa shape index (κ2) is 9.53. The first-order chi connectivity index (χ1) is 14.3. The van der Waals surface area contributed by atoms with E-state index in [4.69, 9.17) is 14.3 Å². The van der Waals surface area contributed by atoms with E-state index in [1.807, 2.05) is 60.7 Å². The first kappa shape index (κ1) is 22.2. The van der Waals surface area contributed by atoms with Crippen LogP contribution in [-0.4, -0.2) is 40.6 Å². The molecule has 1 heterocycles. The zero-order valence-electron chi connectivity index (χ0n) is 17.5. The number of hydrogen-bond acceptors (Lipinski definition) is 6. The van der Waals surface area contributed by atoms with Crippen LogP contribution in [0, 0.1) is 0 Å². The van der Waals surface area contributed by atoms with Gasteiger partial charge in [-0.1, -0.05) is 48.5 Å². The van der Waals surface area contributed by atoms with Gasteiger partial charge in [0.2, 0.25) is 0 Å². The van der Waals surface area contributed by atoms with Gasteiger partial charge in [0.15, 0.2) is 0 Å². The average molecular weight is 430 g/mol. The minimum Gasteiger partial charge on any atom is -0.442 e. The summed E-state index contributed by atoms with van der Waals surface area (Å²) in [6.07, 6.45) is -0.270. The monoisotopic (exact) mass is 429 g/mol. The van der Waals surface area contributed by atoms with E-state index in [1.54, 1.807) is 20.8 Å². The molecule has 0 N–H and O–H groups in total. The van der Waals surface area contributed by atoms with Crippen molar-refractivity contribution in [2.45, 2.75) is 49.0 Å². The van der Waals surface area contributed by atoms with Gasteiger partial charge < -0.3 is 14.3 Å². The van der Waals surface area contributed by atoms with Crippen molar-refractivity contribution < 1.29 is 23.9 Å². The third-order valence-electron chi connectivity index (χ3n) is 4.38. The molecule has 1 atom stereocenters. The van der Waals surface area contributed by atoms with Crippen LogP contribution in [0.2, 0.25) is 0 Å². The fraction of sp³-hybridized carbons (Fsp3) is 0.391. The molecule has 0 saturated carbocycles. The SMILES string of the molecule is CC(C)(C)OC(=O)N1C[C@](CCOCc2ccccc2)(Sc2ccccc2)C(=O)O1. The largest absolute Gasteiger partial charge is 0.443 e. The lowest BCUT2D eigenvalue weighted by Gasteiger charge is -2.25. The number of thioether (sulfide) groups is 1. The smallest absolute Gasteiger partial charge is 0.442 e. The van der Waals surface area contributed by atoms with Crippen molar-refractivity contribution in [3.63, 3.8) is 0 Å². The predicted octanol–water partition coefficient (Wildman–Crippen LogP) is 4.83. The Morgan fingerprint density at radius 3 is 2.37 bits per heavy atom. The molecular weight excluding hydrogens is 402 g/mol. The van der Waals surface area contributed by atoms with Gasteiger partial charge in [-0.05, 0) is 44.9 Å². The minimum atomic E-state index is -0.963.